The monoisotopic (exact) mass is 456 g/mol. The van der Waals surface area contributed by atoms with Crippen molar-refractivity contribution in [3.8, 4) is 5.75 Å². The number of furan rings is 1. The Morgan fingerprint density at radius 1 is 1.00 bits per heavy atom. The lowest BCUT2D eigenvalue weighted by Gasteiger charge is -2.09. The van der Waals surface area contributed by atoms with Gasteiger partial charge in [0.05, 0.1) is 0 Å². The molecule has 0 spiro atoms. The summed E-state index contributed by atoms with van der Waals surface area (Å²) in [5.74, 6) is -0.654. The fraction of sp³-hybridized carbons (Fsp3) is 0.0952. The number of esters is 1. The Kier molecular flexibility index (Phi) is 6.46. The summed E-state index contributed by atoms with van der Waals surface area (Å²) in [5, 5.41) is 5.54. The summed E-state index contributed by atoms with van der Waals surface area (Å²) in [5.41, 5.74) is 1.75. The Balaban J connectivity index is 1.61. The largest absolute Gasteiger partial charge is 0.444 e. The molecule has 3 aromatic rings. The van der Waals surface area contributed by atoms with Gasteiger partial charge in [-0.1, -0.05) is 18.2 Å². The molecule has 2 N–H and O–H groups in total. The summed E-state index contributed by atoms with van der Waals surface area (Å²) in [7, 11) is 0. The first-order chi connectivity index (χ1) is 13.9. The molecule has 0 atom stereocenters. The molecule has 0 saturated heterocycles. The first kappa shape index (κ1) is 20.3. The second kappa shape index (κ2) is 9.20. The second-order valence-corrected chi connectivity index (χ2v) is 6.84. The number of ether oxygens (including phenoxy) is 1. The molecule has 0 radical (unpaired) electrons. The van der Waals surface area contributed by atoms with E-state index in [1.807, 2.05) is 6.07 Å². The predicted molar refractivity (Wildman–Crippen MR) is 110 cm³/mol. The average molecular weight is 457 g/mol. The molecule has 1 heterocycles. The Labute approximate surface area is 175 Å². The average Bonchev–Trinajstić information content (AvgIpc) is 3.13. The van der Waals surface area contributed by atoms with E-state index in [4.69, 9.17) is 9.15 Å². The molecular formula is C21H17BrN2O5. The van der Waals surface area contributed by atoms with E-state index in [-0.39, 0.29) is 24.1 Å². The molecule has 148 valence electrons. The van der Waals surface area contributed by atoms with Gasteiger partial charge in [-0.25, -0.2) is 0 Å². The number of carbonyl (C=O) groups excluding carboxylic acids is 3. The highest BCUT2D eigenvalue weighted by atomic mass is 79.9. The van der Waals surface area contributed by atoms with Crippen LogP contribution in [0.3, 0.4) is 0 Å². The maximum atomic E-state index is 12.4. The van der Waals surface area contributed by atoms with Crippen molar-refractivity contribution in [2.24, 2.45) is 0 Å². The van der Waals surface area contributed by atoms with Gasteiger partial charge in [0, 0.05) is 24.7 Å². The number of amides is 2. The van der Waals surface area contributed by atoms with Crippen molar-refractivity contribution in [3.05, 3.63) is 82.2 Å². The first-order valence-electron chi connectivity index (χ1n) is 8.63. The van der Waals surface area contributed by atoms with Crippen molar-refractivity contribution in [2.45, 2.75) is 13.5 Å². The maximum absolute atomic E-state index is 12.4. The molecule has 2 aromatic carbocycles. The highest BCUT2D eigenvalue weighted by Gasteiger charge is 2.11. The van der Waals surface area contributed by atoms with Gasteiger partial charge < -0.3 is 19.8 Å². The molecule has 2 amide bonds. The minimum Gasteiger partial charge on any atom is -0.444 e. The number of hydrogen-bond donors (Lipinski definition) is 2. The highest BCUT2D eigenvalue weighted by molar-refractivity contribution is 9.10. The van der Waals surface area contributed by atoms with Crippen molar-refractivity contribution in [1.82, 2.24) is 5.32 Å². The van der Waals surface area contributed by atoms with Crippen molar-refractivity contribution in [3.63, 3.8) is 0 Å². The third kappa shape index (κ3) is 5.79. The standard InChI is InChI=1S/C21H17BrN2O5/c1-13(25)28-17-7-3-5-15(11-17)20(26)23-12-14-4-2-6-16(10-14)24-21(27)18-8-9-19(22)29-18/h2-11H,12H2,1H3,(H,23,26)(H,24,27). The molecule has 8 heteroatoms. The van der Waals surface area contributed by atoms with Crippen LogP contribution in [0.4, 0.5) is 5.69 Å². The SMILES string of the molecule is CC(=O)Oc1cccc(C(=O)NCc2cccc(NC(=O)c3ccc(Br)o3)c2)c1. The summed E-state index contributed by atoms with van der Waals surface area (Å²) >= 11 is 3.16. The van der Waals surface area contributed by atoms with E-state index in [9.17, 15) is 14.4 Å². The molecule has 29 heavy (non-hydrogen) atoms. The summed E-state index contributed by atoms with van der Waals surface area (Å²) in [4.78, 5) is 35.6. The number of anilines is 1. The van der Waals surface area contributed by atoms with Crippen LogP contribution in [-0.2, 0) is 11.3 Å². The van der Waals surface area contributed by atoms with E-state index >= 15 is 0 Å². The Bertz CT molecular complexity index is 1060. The van der Waals surface area contributed by atoms with E-state index in [0.717, 1.165) is 5.56 Å². The van der Waals surface area contributed by atoms with Gasteiger partial charge in [-0.05, 0) is 64.0 Å². The number of nitrogens with one attached hydrogen (secondary N) is 2. The molecule has 0 fully saturated rings. The van der Waals surface area contributed by atoms with Gasteiger partial charge >= 0.3 is 5.97 Å². The van der Waals surface area contributed by atoms with Gasteiger partial charge in [0.25, 0.3) is 11.8 Å². The number of carbonyl (C=O) groups is 3. The van der Waals surface area contributed by atoms with Crippen LogP contribution in [0.25, 0.3) is 0 Å². The third-order valence-electron chi connectivity index (χ3n) is 3.79. The second-order valence-electron chi connectivity index (χ2n) is 6.06. The van der Waals surface area contributed by atoms with Gasteiger partial charge in [-0.2, -0.15) is 0 Å². The molecule has 0 unspecified atom stereocenters. The number of hydrogen-bond acceptors (Lipinski definition) is 5. The quantitative estimate of drug-likeness (QED) is 0.428. The number of rotatable bonds is 6. The zero-order valence-electron chi connectivity index (χ0n) is 15.4. The van der Waals surface area contributed by atoms with E-state index < -0.39 is 5.97 Å². The number of benzene rings is 2. The minimum absolute atomic E-state index is 0.184. The summed E-state index contributed by atoms with van der Waals surface area (Å²) in [6.45, 7) is 1.55. The Morgan fingerprint density at radius 3 is 2.52 bits per heavy atom. The molecule has 7 nitrogen and oxygen atoms in total. The molecule has 0 bridgehead atoms. The normalized spacial score (nSPS) is 10.3. The van der Waals surface area contributed by atoms with Crippen molar-refractivity contribution in [1.29, 1.82) is 0 Å². The Hall–Kier alpha value is -3.39. The van der Waals surface area contributed by atoms with Gasteiger partial charge in [-0.15, -0.1) is 0 Å². The van der Waals surface area contributed by atoms with Crippen LogP contribution in [0.1, 0.15) is 33.4 Å². The van der Waals surface area contributed by atoms with Crippen LogP contribution >= 0.6 is 15.9 Å². The Morgan fingerprint density at radius 2 is 1.79 bits per heavy atom. The third-order valence-corrected chi connectivity index (χ3v) is 4.22. The lowest BCUT2D eigenvalue weighted by atomic mass is 10.1. The minimum atomic E-state index is -0.455. The van der Waals surface area contributed by atoms with Crippen LogP contribution in [0, 0.1) is 0 Å². The van der Waals surface area contributed by atoms with Crippen LogP contribution in [0.15, 0.2) is 69.8 Å². The lowest BCUT2D eigenvalue weighted by Crippen LogP contribution is -2.23. The van der Waals surface area contributed by atoms with Gasteiger partial charge in [0.15, 0.2) is 10.4 Å². The van der Waals surface area contributed by atoms with E-state index in [0.29, 0.717) is 21.7 Å². The first-order valence-corrected chi connectivity index (χ1v) is 9.42. The van der Waals surface area contributed by atoms with Gasteiger partial charge in [-0.3, -0.25) is 14.4 Å². The molecule has 0 saturated carbocycles. The fourth-order valence-electron chi connectivity index (χ4n) is 2.54. The predicted octanol–water partition coefficient (Wildman–Crippen LogP) is 4.15. The molecule has 0 aliphatic heterocycles. The zero-order valence-corrected chi connectivity index (χ0v) is 17.0. The number of halogens is 1. The van der Waals surface area contributed by atoms with Crippen LogP contribution in [0.2, 0.25) is 0 Å². The molecule has 3 rings (SSSR count). The lowest BCUT2D eigenvalue weighted by molar-refractivity contribution is -0.131. The van der Waals surface area contributed by atoms with E-state index in [1.165, 1.54) is 13.0 Å². The van der Waals surface area contributed by atoms with Crippen molar-refractivity contribution in [2.75, 3.05) is 5.32 Å². The topological polar surface area (TPSA) is 97.6 Å². The molecule has 1 aromatic heterocycles. The summed E-state index contributed by atoms with van der Waals surface area (Å²) < 4.78 is 10.7. The van der Waals surface area contributed by atoms with E-state index in [1.54, 1.807) is 48.5 Å². The molecule has 0 aliphatic carbocycles. The smallest absolute Gasteiger partial charge is 0.308 e. The zero-order chi connectivity index (χ0) is 20.8. The van der Waals surface area contributed by atoms with Crippen LogP contribution < -0.4 is 15.4 Å². The maximum Gasteiger partial charge on any atom is 0.308 e. The van der Waals surface area contributed by atoms with E-state index in [2.05, 4.69) is 26.6 Å². The van der Waals surface area contributed by atoms with Crippen LogP contribution in [0.5, 0.6) is 5.75 Å². The van der Waals surface area contributed by atoms with Crippen molar-refractivity contribution < 1.29 is 23.5 Å². The van der Waals surface area contributed by atoms with Gasteiger partial charge in [0.2, 0.25) is 0 Å². The highest BCUT2D eigenvalue weighted by Crippen LogP contribution is 2.17. The van der Waals surface area contributed by atoms with Gasteiger partial charge in [0.1, 0.15) is 5.75 Å². The molecule has 0 aliphatic rings. The molecular weight excluding hydrogens is 440 g/mol. The summed E-state index contributed by atoms with van der Waals surface area (Å²) in [6.07, 6.45) is 0. The van der Waals surface area contributed by atoms with Crippen molar-refractivity contribution >= 4 is 39.4 Å². The fourth-order valence-corrected chi connectivity index (χ4v) is 2.85. The van der Waals surface area contributed by atoms with Crippen LogP contribution in [-0.4, -0.2) is 17.8 Å². The summed E-state index contributed by atoms with van der Waals surface area (Å²) in [6, 6.07) is 16.7.